The Bertz CT molecular complexity index is 219. The molecule has 0 unspecified atom stereocenters. The minimum Gasteiger partial charge on any atom is -0.212 e. The van der Waals surface area contributed by atoms with Crippen molar-refractivity contribution in [3.8, 4) is 0 Å². The highest BCUT2D eigenvalue weighted by atomic mass is 32.2. The van der Waals surface area contributed by atoms with Crippen molar-refractivity contribution in [2.75, 3.05) is 12.8 Å². The van der Waals surface area contributed by atoms with Crippen LogP contribution in [-0.4, -0.2) is 31.6 Å². The molecule has 4 heteroatoms. The third kappa shape index (κ3) is 2.45. The monoisotopic (exact) mass is 177 g/mol. The van der Waals surface area contributed by atoms with E-state index in [1.54, 1.807) is 4.31 Å². The van der Waals surface area contributed by atoms with Gasteiger partial charge in [-0.1, -0.05) is 6.92 Å². The first-order chi connectivity index (χ1) is 5.05. The third-order valence-electron chi connectivity index (χ3n) is 1.82. The lowest BCUT2D eigenvalue weighted by Gasteiger charge is -2.17. The van der Waals surface area contributed by atoms with Crippen LogP contribution in [0.5, 0.6) is 0 Å². The van der Waals surface area contributed by atoms with Crippen molar-refractivity contribution in [2.45, 2.75) is 32.2 Å². The van der Waals surface area contributed by atoms with E-state index in [2.05, 4.69) is 0 Å². The van der Waals surface area contributed by atoms with Crippen molar-refractivity contribution in [1.29, 1.82) is 0 Å². The fourth-order valence-electron chi connectivity index (χ4n) is 1.20. The Balaban J connectivity index is 2.59. The van der Waals surface area contributed by atoms with Crippen LogP contribution in [0.15, 0.2) is 0 Å². The highest BCUT2D eigenvalue weighted by Gasteiger charge is 2.33. The molecule has 0 bridgehead atoms. The second-order valence-corrected chi connectivity index (χ2v) is 5.04. The van der Waals surface area contributed by atoms with Gasteiger partial charge in [-0.15, -0.1) is 0 Å². The molecule has 0 heterocycles. The topological polar surface area (TPSA) is 37.4 Å². The van der Waals surface area contributed by atoms with E-state index < -0.39 is 10.0 Å². The molecule has 0 aromatic heterocycles. The molecule has 0 N–H and O–H groups in total. The largest absolute Gasteiger partial charge is 0.212 e. The summed E-state index contributed by atoms with van der Waals surface area (Å²) in [4.78, 5) is 0. The Labute approximate surface area is 68.4 Å². The van der Waals surface area contributed by atoms with Gasteiger partial charge in [-0.05, 0) is 19.3 Å². The molecular formula is C7H15NO2S. The van der Waals surface area contributed by atoms with E-state index in [0.29, 0.717) is 12.6 Å². The molecule has 0 amide bonds. The maximum atomic E-state index is 11.1. The van der Waals surface area contributed by atoms with Gasteiger partial charge < -0.3 is 0 Å². The molecule has 1 fully saturated rings. The average molecular weight is 177 g/mol. The predicted molar refractivity (Wildman–Crippen MR) is 44.9 cm³/mol. The molecule has 3 nitrogen and oxygen atoms in total. The van der Waals surface area contributed by atoms with Crippen molar-refractivity contribution >= 4 is 10.0 Å². The van der Waals surface area contributed by atoms with Crippen LogP contribution >= 0.6 is 0 Å². The standard InChI is InChI=1S/C7H15NO2S/c1-3-6-8(7-4-5-7)11(2,9)10/h7H,3-6H2,1-2H3. The van der Waals surface area contributed by atoms with Gasteiger partial charge in [-0.2, -0.15) is 4.31 Å². The highest BCUT2D eigenvalue weighted by molar-refractivity contribution is 7.88. The number of hydrogen-bond donors (Lipinski definition) is 0. The number of sulfonamides is 1. The van der Waals surface area contributed by atoms with Crippen LogP contribution in [0, 0.1) is 0 Å². The van der Waals surface area contributed by atoms with E-state index in [1.165, 1.54) is 6.26 Å². The van der Waals surface area contributed by atoms with Crippen LogP contribution < -0.4 is 0 Å². The zero-order chi connectivity index (χ0) is 8.48. The summed E-state index contributed by atoms with van der Waals surface area (Å²) in [5, 5.41) is 0. The molecule has 66 valence electrons. The smallest absolute Gasteiger partial charge is 0.211 e. The molecule has 1 aliphatic carbocycles. The molecule has 1 saturated carbocycles. The molecule has 0 saturated heterocycles. The van der Waals surface area contributed by atoms with Gasteiger partial charge in [0.15, 0.2) is 0 Å². The molecule has 0 atom stereocenters. The lowest BCUT2D eigenvalue weighted by molar-refractivity contribution is 0.407. The van der Waals surface area contributed by atoms with Gasteiger partial charge in [0, 0.05) is 12.6 Å². The normalized spacial score (nSPS) is 19.2. The molecule has 1 rings (SSSR count). The predicted octanol–water partition coefficient (Wildman–Crippen LogP) is 0.820. The Kier molecular flexibility index (Phi) is 2.54. The van der Waals surface area contributed by atoms with Gasteiger partial charge in [-0.25, -0.2) is 8.42 Å². The van der Waals surface area contributed by atoms with E-state index in [1.807, 2.05) is 6.92 Å². The van der Waals surface area contributed by atoms with E-state index in [-0.39, 0.29) is 0 Å². The van der Waals surface area contributed by atoms with Gasteiger partial charge >= 0.3 is 0 Å². The van der Waals surface area contributed by atoms with Crippen LogP contribution in [0.4, 0.5) is 0 Å². The van der Waals surface area contributed by atoms with Crippen LogP contribution in [0.1, 0.15) is 26.2 Å². The van der Waals surface area contributed by atoms with E-state index in [0.717, 1.165) is 19.3 Å². The van der Waals surface area contributed by atoms with Gasteiger partial charge in [0.25, 0.3) is 0 Å². The second kappa shape index (κ2) is 3.11. The Morgan fingerprint density at radius 1 is 1.45 bits per heavy atom. The molecule has 11 heavy (non-hydrogen) atoms. The summed E-state index contributed by atoms with van der Waals surface area (Å²) in [5.74, 6) is 0. The van der Waals surface area contributed by atoms with Gasteiger partial charge in [0.05, 0.1) is 6.26 Å². The SMILES string of the molecule is CCCN(C1CC1)S(C)(=O)=O. The fourth-order valence-corrected chi connectivity index (χ4v) is 2.47. The van der Waals surface area contributed by atoms with Gasteiger partial charge in [0.2, 0.25) is 10.0 Å². The van der Waals surface area contributed by atoms with Gasteiger partial charge in [0.1, 0.15) is 0 Å². The lowest BCUT2D eigenvalue weighted by Crippen LogP contribution is -2.32. The van der Waals surface area contributed by atoms with Crippen LogP contribution in [0.25, 0.3) is 0 Å². The first kappa shape index (κ1) is 9.00. The first-order valence-corrected chi connectivity index (χ1v) is 5.87. The summed E-state index contributed by atoms with van der Waals surface area (Å²) in [5.41, 5.74) is 0. The fraction of sp³-hybridized carbons (Fsp3) is 1.00. The molecule has 0 aromatic rings. The van der Waals surface area contributed by atoms with Crippen molar-refractivity contribution in [2.24, 2.45) is 0 Å². The first-order valence-electron chi connectivity index (χ1n) is 4.02. The zero-order valence-electron chi connectivity index (χ0n) is 7.08. The lowest BCUT2D eigenvalue weighted by atomic mass is 10.5. The Morgan fingerprint density at radius 3 is 2.27 bits per heavy atom. The summed E-state index contributed by atoms with van der Waals surface area (Å²) in [6, 6.07) is 0.324. The number of rotatable bonds is 4. The van der Waals surface area contributed by atoms with E-state index in [4.69, 9.17) is 0 Å². The molecular weight excluding hydrogens is 162 g/mol. The zero-order valence-corrected chi connectivity index (χ0v) is 7.89. The van der Waals surface area contributed by atoms with Crippen molar-refractivity contribution < 1.29 is 8.42 Å². The summed E-state index contributed by atoms with van der Waals surface area (Å²) in [7, 11) is -2.93. The summed E-state index contributed by atoms with van der Waals surface area (Å²) in [6.07, 6.45) is 4.30. The third-order valence-corrected chi connectivity index (χ3v) is 3.16. The van der Waals surface area contributed by atoms with Crippen molar-refractivity contribution in [3.63, 3.8) is 0 Å². The summed E-state index contributed by atoms with van der Waals surface area (Å²) >= 11 is 0. The van der Waals surface area contributed by atoms with E-state index in [9.17, 15) is 8.42 Å². The maximum Gasteiger partial charge on any atom is 0.211 e. The minimum atomic E-state index is -2.93. The minimum absolute atomic E-state index is 0.324. The number of hydrogen-bond acceptors (Lipinski definition) is 2. The van der Waals surface area contributed by atoms with Crippen LogP contribution in [0.2, 0.25) is 0 Å². The Morgan fingerprint density at radius 2 is 2.00 bits per heavy atom. The van der Waals surface area contributed by atoms with Gasteiger partial charge in [-0.3, -0.25) is 0 Å². The maximum absolute atomic E-state index is 11.1. The molecule has 0 radical (unpaired) electrons. The molecule has 1 aliphatic rings. The number of nitrogens with zero attached hydrogens (tertiary/aromatic N) is 1. The summed E-state index contributed by atoms with van der Waals surface area (Å²) in [6.45, 7) is 2.68. The average Bonchev–Trinajstić information content (AvgIpc) is 2.61. The highest BCUT2D eigenvalue weighted by Crippen LogP contribution is 2.28. The van der Waals surface area contributed by atoms with Crippen LogP contribution in [0.3, 0.4) is 0 Å². The van der Waals surface area contributed by atoms with E-state index >= 15 is 0 Å². The second-order valence-electron chi connectivity index (χ2n) is 3.10. The molecule has 0 spiro atoms. The quantitative estimate of drug-likeness (QED) is 0.637. The molecule has 0 aromatic carbocycles. The summed E-state index contributed by atoms with van der Waals surface area (Å²) < 4.78 is 23.9. The van der Waals surface area contributed by atoms with Crippen molar-refractivity contribution in [1.82, 2.24) is 4.31 Å². The molecule has 0 aliphatic heterocycles. The Hall–Kier alpha value is -0.0900. The van der Waals surface area contributed by atoms with Crippen molar-refractivity contribution in [3.05, 3.63) is 0 Å². The van der Waals surface area contributed by atoms with Crippen LogP contribution in [-0.2, 0) is 10.0 Å².